The number of hydrogen-bond donors (Lipinski definition) is 1. The number of thiazole rings is 1. The average molecular weight is 361 g/mol. The number of nitrogens with zero attached hydrogens (tertiary/aromatic N) is 3. The first-order valence-electron chi connectivity index (χ1n) is 7.80. The zero-order chi connectivity index (χ0) is 17.1. The molecule has 0 fully saturated rings. The van der Waals surface area contributed by atoms with Crippen LogP contribution in [0.15, 0.2) is 34.5 Å². The van der Waals surface area contributed by atoms with Gasteiger partial charge in [-0.2, -0.15) is 16.4 Å². The molecule has 24 heavy (non-hydrogen) atoms. The van der Waals surface area contributed by atoms with E-state index in [1.807, 2.05) is 16.8 Å². The first-order chi connectivity index (χ1) is 11.5. The van der Waals surface area contributed by atoms with Crippen molar-refractivity contribution in [1.29, 1.82) is 0 Å². The predicted molar refractivity (Wildman–Crippen MR) is 97.6 cm³/mol. The summed E-state index contributed by atoms with van der Waals surface area (Å²) in [6, 6.07) is 3.81. The standard InChI is InChI=1S/C17H20N4OS2/c1-11(2)13-9-15(21(3)20-13)16(22)19-14(17-18-5-7-24-17)8-12-4-6-23-10-12/h4-7,9-11,14H,8H2,1-3H3,(H,19,22). The fraction of sp³-hybridized carbons (Fsp3) is 0.353. The molecule has 0 saturated carbocycles. The van der Waals surface area contributed by atoms with Gasteiger partial charge in [-0.05, 0) is 34.4 Å². The highest BCUT2D eigenvalue weighted by Gasteiger charge is 2.21. The van der Waals surface area contributed by atoms with E-state index in [0.717, 1.165) is 17.1 Å². The Morgan fingerprint density at radius 2 is 2.21 bits per heavy atom. The van der Waals surface area contributed by atoms with Crippen molar-refractivity contribution in [1.82, 2.24) is 20.1 Å². The molecule has 0 bridgehead atoms. The minimum Gasteiger partial charge on any atom is -0.341 e. The number of nitrogens with one attached hydrogen (secondary N) is 1. The van der Waals surface area contributed by atoms with E-state index in [2.05, 4.69) is 40.7 Å². The molecule has 0 spiro atoms. The van der Waals surface area contributed by atoms with E-state index < -0.39 is 0 Å². The highest BCUT2D eigenvalue weighted by Crippen LogP contribution is 2.23. The molecule has 1 unspecified atom stereocenters. The summed E-state index contributed by atoms with van der Waals surface area (Å²) in [5.41, 5.74) is 2.70. The van der Waals surface area contributed by atoms with Gasteiger partial charge in [0.05, 0.1) is 11.7 Å². The summed E-state index contributed by atoms with van der Waals surface area (Å²) < 4.78 is 1.65. The van der Waals surface area contributed by atoms with Crippen molar-refractivity contribution in [3.8, 4) is 0 Å². The monoisotopic (exact) mass is 360 g/mol. The van der Waals surface area contributed by atoms with Gasteiger partial charge in [-0.25, -0.2) is 4.98 Å². The van der Waals surface area contributed by atoms with E-state index in [9.17, 15) is 4.79 Å². The lowest BCUT2D eigenvalue weighted by Crippen LogP contribution is -2.31. The molecule has 0 radical (unpaired) electrons. The molecule has 0 aliphatic rings. The number of carbonyl (C=O) groups is 1. The maximum Gasteiger partial charge on any atom is 0.270 e. The van der Waals surface area contributed by atoms with Gasteiger partial charge in [0.25, 0.3) is 5.91 Å². The van der Waals surface area contributed by atoms with Crippen molar-refractivity contribution in [3.05, 3.63) is 56.4 Å². The van der Waals surface area contributed by atoms with Gasteiger partial charge in [-0.1, -0.05) is 13.8 Å². The third-order valence-electron chi connectivity index (χ3n) is 3.80. The summed E-state index contributed by atoms with van der Waals surface area (Å²) in [6.45, 7) is 4.14. The number of aryl methyl sites for hydroxylation is 1. The average Bonchev–Trinajstić information content (AvgIpc) is 3.27. The summed E-state index contributed by atoms with van der Waals surface area (Å²) in [4.78, 5) is 17.1. The van der Waals surface area contributed by atoms with Crippen LogP contribution in [0.5, 0.6) is 0 Å². The molecule has 1 amide bonds. The molecule has 1 atom stereocenters. The molecule has 126 valence electrons. The van der Waals surface area contributed by atoms with Crippen molar-refractivity contribution in [2.75, 3.05) is 0 Å². The first-order valence-corrected chi connectivity index (χ1v) is 9.62. The molecule has 3 heterocycles. The van der Waals surface area contributed by atoms with Gasteiger partial charge in [0.2, 0.25) is 0 Å². The van der Waals surface area contributed by atoms with Gasteiger partial charge in [-0.15, -0.1) is 11.3 Å². The second-order valence-corrected chi connectivity index (χ2v) is 7.67. The number of amides is 1. The van der Waals surface area contributed by atoms with E-state index in [-0.39, 0.29) is 11.9 Å². The Kier molecular flexibility index (Phi) is 5.11. The number of thiophene rings is 1. The van der Waals surface area contributed by atoms with E-state index in [1.54, 1.807) is 40.6 Å². The molecule has 0 saturated heterocycles. The lowest BCUT2D eigenvalue weighted by atomic mass is 10.1. The maximum atomic E-state index is 12.7. The summed E-state index contributed by atoms with van der Waals surface area (Å²) in [7, 11) is 1.80. The highest BCUT2D eigenvalue weighted by atomic mass is 32.1. The number of carbonyl (C=O) groups excluding carboxylic acids is 1. The van der Waals surface area contributed by atoms with Crippen molar-refractivity contribution in [3.63, 3.8) is 0 Å². The second-order valence-electron chi connectivity index (χ2n) is 5.96. The summed E-state index contributed by atoms with van der Waals surface area (Å²) in [6.07, 6.45) is 2.51. The van der Waals surface area contributed by atoms with Crippen LogP contribution in [0.1, 0.15) is 52.6 Å². The third-order valence-corrected chi connectivity index (χ3v) is 5.42. The molecule has 0 aliphatic carbocycles. The zero-order valence-corrected chi connectivity index (χ0v) is 15.5. The largest absolute Gasteiger partial charge is 0.341 e. The lowest BCUT2D eigenvalue weighted by Gasteiger charge is -2.16. The van der Waals surface area contributed by atoms with E-state index in [0.29, 0.717) is 11.6 Å². The van der Waals surface area contributed by atoms with Crippen molar-refractivity contribution in [2.24, 2.45) is 7.05 Å². The van der Waals surface area contributed by atoms with Crippen LogP contribution in [-0.2, 0) is 13.5 Å². The fourth-order valence-corrected chi connectivity index (χ4v) is 3.84. The molecule has 0 aromatic carbocycles. The zero-order valence-electron chi connectivity index (χ0n) is 13.9. The molecule has 3 aromatic rings. The van der Waals surface area contributed by atoms with Gasteiger partial charge in [0.1, 0.15) is 10.7 Å². The molecule has 3 aromatic heterocycles. The Hall–Kier alpha value is -1.99. The van der Waals surface area contributed by atoms with Crippen LogP contribution in [-0.4, -0.2) is 20.7 Å². The number of hydrogen-bond acceptors (Lipinski definition) is 5. The van der Waals surface area contributed by atoms with Crippen LogP contribution in [0.4, 0.5) is 0 Å². The van der Waals surface area contributed by atoms with Gasteiger partial charge >= 0.3 is 0 Å². The Morgan fingerprint density at radius 3 is 2.79 bits per heavy atom. The van der Waals surface area contributed by atoms with Crippen molar-refractivity contribution >= 4 is 28.6 Å². The summed E-state index contributed by atoms with van der Waals surface area (Å²) >= 11 is 3.22. The predicted octanol–water partition coefficient (Wildman–Crippen LogP) is 3.78. The van der Waals surface area contributed by atoms with Crippen molar-refractivity contribution < 1.29 is 4.79 Å². The molecule has 1 N–H and O–H groups in total. The van der Waals surface area contributed by atoms with Crippen LogP contribution in [0, 0.1) is 0 Å². The van der Waals surface area contributed by atoms with Crippen LogP contribution < -0.4 is 5.32 Å². The maximum absolute atomic E-state index is 12.7. The molecule has 7 heteroatoms. The summed E-state index contributed by atoms with van der Waals surface area (Å²) in [5, 5.41) is 14.5. The van der Waals surface area contributed by atoms with Crippen LogP contribution >= 0.6 is 22.7 Å². The van der Waals surface area contributed by atoms with E-state index in [1.165, 1.54) is 5.56 Å². The second kappa shape index (κ2) is 7.27. The Bertz CT molecular complexity index is 791. The summed E-state index contributed by atoms with van der Waals surface area (Å²) in [5.74, 6) is 0.172. The minimum atomic E-state index is -0.135. The fourth-order valence-electron chi connectivity index (χ4n) is 2.47. The van der Waals surface area contributed by atoms with Crippen molar-refractivity contribution in [2.45, 2.75) is 32.2 Å². The quantitative estimate of drug-likeness (QED) is 0.728. The van der Waals surface area contributed by atoms with E-state index >= 15 is 0 Å². The van der Waals surface area contributed by atoms with Gasteiger partial charge in [-0.3, -0.25) is 9.48 Å². The molecular weight excluding hydrogens is 340 g/mol. The third kappa shape index (κ3) is 3.73. The number of rotatable bonds is 6. The van der Waals surface area contributed by atoms with Gasteiger partial charge in [0.15, 0.2) is 0 Å². The van der Waals surface area contributed by atoms with E-state index in [4.69, 9.17) is 0 Å². The number of aromatic nitrogens is 3. The Balaban J connectivity index is 1.80. The van der Waals surface area contributed by atoms with Gasteiger partial charge in [0, 0.05) is 25.0 Å². The minimum absolute atomic E-state index is 0.118. The molecule has 0 aliphatic heterocycles. The lowest BCUT2D eigenvalue weighted by molar-refractivity contribution is 0.0927. The molecule has 3 rings (SSSR count). The van der Waals surface area contributed by atoms with Crippen LogP contribution in [0.2, 0.25) is 0 Å². The highest BCUT2D eigenvalue weighted by molar-refractivity contribution is 7.09. The molecule has 5 nitrogen and oxygen atoms in total. The Labute approximate surface area is 149 Å². The Morgan fingerprint density at radius 1 is 1.38 bits per heavy atom. The van der Waals surface area contributed by atoms with Crippen LogP contribution in [0.3, 0.4) is 0 Å². The SMILES string of the molecule is CC(C)c1cc(C(=O)NC(Cc2ccsc2)c2nccs2)n(C)n1. The van der Waals surface area contributed by atoms with Crippen LogP contribution in [0.25, 0.3) is 0 Å². The first kappa shape index (κ1) is 16.9. The smallest absolute Gasteiger partial charge is 0.270 e. The normalized spacial score (nSPS) is 12.5. The van der Waals surface area contributed by atoms with Gasteiger partial charge < -0.3 is 5.32 Å². The molecular formula is C17H20N4OS2. The topological polar surface area (TPSA) is 59.8 Å².